The zero-order valence-electron chi connectivity index (χ0n) is 12.0. The van der Waals surface area contributed by atoms with Gasteiger partial charge in [-0.25, -0.2) is 4.98 Å². The Labute approximate surface area is 125 Å². The maximum absolute atomic E-state index is 12.4. The number of aromatic amines is 2. The lowest BCUT2D eigenvalue weighted by Crippen LogP contribution is -2.13. The van der Waals surface area contributed by atoms with Gasteiger partial charge in [0, 0.05) is 5.39 Å². The van der Waals surface area contributed by atoms with Crippen LogP contribution >= 0.6 is 0 Å². The molecule has 4 aromatic rings. The van der Waals surface area contributed by atoms with Crippen molar-refractivity contribution in [2.75, 3.05) is 5.73 Å². The molecule has 0 fully saturated rings. The number of H-pyrrole nitrogens is 2. The molecule has 0 atom stereocenters. The SMILES string of the molecule is Cc1ccc2nc(-c3c(N)c4ccccc4[nH]c3=O)[nH]c2c1. The normalized spacial score (nSPS) is 11.3. The van der Waals surface area contributed by atoms with E-state index >= 15 is 0 Å². The van der Waals surface area contributed by atoms with Crippen LogP contribution in [-0.2, 0) is 0 Å². The highest BCUT2D eigenvalue weighted by molar-refractivity contribution is 5.97. The van der Waals surface area contributed by atoms with E-state index in [4.69, 9.17) is 5.73 Å². The quantitative estimate of drug-likeness (QED) is 0.503. The minimum absolute atomic E-state index is 0.244. The molecule has 4 N–H and O–H groups in total. The predicted molar refractivity (Wildman–Crippen MR) is 88.8 cm³/mol. The van der Waals surface area contributed by atoms with E-state index in [2.05, 4.69) is 15.0 Å². The van der Waals surface area contributed by atoms with E-state index in [0.29, 0.717) is 17.1 Å². The Morgan fingerprint density at radius 2 is 1.86 bits per heavy atom. The number of nitrogens with zero attached hydrogens (tertiary/aromatic N) is 1. The lowest BCUT2D eigenvalue weighted by atomic mass is 10.1. The van der Waals surface area contributed by atoms with Gasteiger partial charge in [-0.2, -0.15) is 0 Å². The zero-order valence-corrected chi connectivity index (χ0v) is 12.0. The van der Waals surface area contributed by atoms with Gasteiger partial charge in [-0.3, -0.25) is 4.79 Å². The van der Waals surface area contributed by atoms with E-state index in [1.54, 1.807) is 0 Å². The number of anilines is 1. The van der Waals surface area contributed by atoms with Gasteiger partial charge in [0.15, 0.2) is 0 Å². The predicted octanol–water partition coefficient (Wildman–Crippen LogP) is 2.96. The highest BCUT2D eigenvalue weighted by Gasteiger charge is 2.15. The second-order valence-corrected chi connectivity index (χ2v) is 5.39. The minimum Gasteiger partial charge on any atom is -0.397 e. The van der Waals surface area contributed by atoms with Gasteiger partial charge >= 0.3 is 0 Å². The summed E-state index contributed by atoms with van der Waals surface area (Å²) in [4.78, 5) is 22.9. The molecule has 0 bridgehead atoms. The number of nitrogens with one attached hydrogen (secondary N) is 2. The van der Waals surface area contributed by atoms with Gasteiger partial charge in [-0.15, -0.1) is 0 Å². The third kappa shape index (κ3) is 1.79. The van der Waals surface area contributed by atoms with Crippen molar-refractivity contribution in [3.8, 4) is 11.4 Å². The number of nitrogens with two attached hydrogens (primary N) is 1. The summed E-state index contributed by atoms with van der Waals surface area (Å²) in [6.07, 6.45) is 0. The van der Waals surface area contributed by atoms with Crippen molar-refractivity contribution in [2.24, 2.45) is 0 Å². The second-order valence-electron chi connectivity index (χ2n) is 5.39. The van der Waals surface area contributed by atoms with Gasteiger partial charge in [0.25, 0.3) is 5.56 Å². The van der Waals surface area contributed by atoms with Gasteiger partial charge in [0.1, 0.15) is 11.4 Å². The summed E-state index contributed by atoms with van der Waals surface area (Å²) in [5.41, 5.74) is 10.4. The maximum Gasteiger partial charge on any atom is 0.261 e. The highest BCUT2D eigenvalue weighted by atomic mass is 16.1. The van der Waals surface area contributed by atoms with E-state index in [0.717, 1.165) is 27.5 Å². The van der Waals surface area contributed by atoms with Gasteiger partial charge in [-0.05, 0) is 30.7 Å². The number of benzene rings is 2. The Kier molecular flexibility index (Phi) is 2.56. The van der Waals surface area contributed by atoms with E-state index in [1.165, 1.54) is 0 Å². The highest BCUT2D eigenvalue weighted by Crippen LogP contribution is 2.28. The molecule has 0 spiro atoms. The van der Waals surface area contributed by atoms with Crippen LogP contribution in [0.15, 0.2) is 47.3 Å². The number of para-hydroxylation sites is 1. The molecule has 2 aromatic heterocycles. The molecule has 108 valence electrons. The van der Waals surface area contributed by atoms with E-state index in [-0.39, 0.29) is 5.56 Å². The first-order chi connectivity index (χ1) is 10.6. The standard InChI is InChI=1S/C17H14N4O/c1-9-6-7-12-13(8-9)20-16(19-12)14-15(18)10-4-2-3-5-11(10)21-17(14)22/h2-8H,1H3,(H,19,20)(H3,18,21,22). The van der Waals surface area contributed by atoms with Crippen molar-refractivity contribution in [2.45, 2.75) is 6.92 Å². The van der Waals surface area contributed by atoms with Crippen LogP contribution in [0, 0.1) is 6.92 Å². The maximum atomic E-state index is 12.4. The smallest absolute Gasteiger partial charge is 0.261 e. The number of aromatic nitrogens is 3. The number of pyridine rings is 1. The third-order valence-electron chi connectivity index (χ3n) is 3.84. The Bertz CT molecular complexity index is 1080. The first kappa shape index (κ1) is 12.6. The lowest BCUT2D eigenvalue weighted by molar-refractivity contribution is 1.25. The third-order valence-corrected chi connectivity index (χ3v) is 3.84. The van der Waals surface area contributed by atoms with Crippen LogP contribution in [-0.4, -0.2) is 15.0 Å². The van der Waals surface area contributed by atoms with Crippen molar-refractivity contribution >= 4 is 27.6 Å². The minimum atomic E-state index is -0.244. The van der Waals surface area contributed by atoms with Crippen molar-refractivity contribution < 1.29 is 0 Å². The molecular formula is C17H14N4O. The molecular weight excluding hydrogens is 276 g/mol. The molecule has 0 aliphatic rings. The number of hydrogen-bond donors (Lipinski definition) is 3. The molecule has 2 heterocycles. The topological polar surface area (TPSA) is 87.6 Å². The number of rotatable bonds is 1. The molecule has 5 heteroatoms. The molecule has 0 saturated heterocycles. The molecule has 2 aromatic carbocycles. The summed E-state index contributed by atoms with van der Waals surface area (Å²) < 4.78 is 0. The molecule has 0 unspecified atom stereocenters. The molecule has 0 aliphatic heterocycles. The fourth-order valence-electron chi connectivity index (χ4n) is 2.75. The first-order valence-electron chi connectivity index (χ1n) is 7.01. The molecule has 0 radical (unpaired) electrons. The van der Waals surface area contributed by atoms with Crippen LogP contribution in [0.4, 0.5) is 5.69 Å². The van der Waals surface area contributed by atoms with Crippen molar-refractivity contribution in [1.29, 1.82) is 0 Å². The zero-order chi connectivity index (χ0) is 15.3. The lowest BCUT2D eigenvalue weighted by Gasteiger charge is -2.06. The second kappa shape index (κ2) is 4.46. The number of hydrogen-bond acceptors (Lipinski definition) is 3. The van der Waals surface area contributed by atoms with Crippen LogP contribution in [0.25, 0.3) is 33.3 Å². The fraction of sp³-hybridized carbons (Fsp3) is 0.0588. The van der Waals surface area contributed by atoms with Crippen LogP contribution in [0.2, 0.25) is 0 Å². The summed E-state index contributed by atoms with van der Waals surface area (Å²) in [5, 5.41) is 0.814. The van der Waals surface area contributed by atoms with E-state index < -0.39 is 0 Å². The Hall–Kier alpha value is -3.08. The van der Waals surface area contributed by atoms with Crippen LogP contribution in [0.1, 0.15) is 5.56 Å². The first-order valence-corrected chi connectivity index (χ1v) is 7.01. The summed E-state index contributed by atoms with van der Waals surface area (Å²) >= 11 is 0. The molecule has 4 rings (SSSR count). The van der Waals surface area contributed by atoms with Crippen LogP contribution in [0.5, 0.6) is 0 Å². The number of nitrogen functional groups attached to an aromatic ring is 1. The van der Waals surface area contributed by atoms with Gasteiger partial charge in [0.05, 0.1) is 22.2 Å². The van der Waals surface area contributed by atoms with Crippen LogP contribution < -0.4 is 11.3 Å². The monoisotopic (exact) mass is 290 g/mol. The molecule has 0 aliphatic carbocycles. The van der Waals surface area contributed by atoms with Crippen molar-refractivity contribution in [3.05, 3.63) is 58.4 Å². The largest absolute Gasteiger partial charge is 0.397 e. The van der Waals surface area contributed by atoms with Crippen molar-refractivity contribution in [1.82, 2.24) is 15.0 Å². The van der Waals surface area contributed by atoms with Gasteiger partial charge in [0.2, 0.25) is 0 Å². The van der Waals surface area contributed by atoms with Crippen LogP contribution in [0.3, 0.4) is 0 Å². The Morgan fingerprint density at radius 1 is 1.05 bits per heavy atom. The van der Waals surface area contributed by atoms with Gasteiger partial charge < -0.3 is 15.7 Å². The molecule has 0 amide bonds. The van der Waals surface area contributed by atoms with Gasteiger partial charge in [-0.1, -0.05) is 24.3 Å². The number of aryl methyl sites for hydroxylation is 1. The average Bonchev–Trinajstić information content (AvgIpc) is 2.89. The molecule has 5 nitrogen and oxygen atoms in total. The summed E-state index contributed by atoms with van der Waals surface area (Å²) in [6.45, 7) is 2.01. The van der Waals surface area contributed by atoms with E-state index in [1.807, 2.05) is 49.4 Å². The number of fused-ring (bicyclic) bond motifs is 2. The summed E-state index contributed by atoms with van der Waals surface area (Å²) in [7, 11) is 0. The van der Waals surface area contributed by atoms with E-state index in [9.17, 15) is 4.79 Å². The fourth-order valence-corrected chi connectivity index (χ4v) is 2.75. The summed E-state index contributed by atoms with van der Waals surface area (Å²) in [5.74, 6) is 0.491. The Balaban J connectivity index is 2.05. The average molecular weight is 290 g/mol. The number of imidazole rings is 1. The molecule has 0 saturated carbocycles. The summed E-state index contributed by atoms with van der Waals surface area (Å²) in [6, 6.07) is 13.4. The Morgan fingerprint density at radius 3 is 2.73 bits per heavy atom. The van der Waals surface area contributed by atoms with Crippen molar-refractivity contribution in [3.63, 3.8) is 0 Å². The molecule has 22 heavy (non-hydrogen) atoms.